The largest absolute Gasteiger partial charge is 0.311 e. The molecule has 2 heterocycles. The Hall–Kier alpha value is -0.450. The third kappa shape index (κ3) is 4.05. The Bertz CT molecular complexity index is 442. The standard InChI is InChI=1S/C17H26BrN3/c1-13-9-20-17(14-5-3-2-4-6-14)12-21(13)11-16-8-7-15(18)10-19-16/h7-8,10,13-14,17,20H,2-6,9,11-12H2,1H3. The van der Waals surface area contributed by atoms with Crippen molar-refractivity contribution in [3.8, 4) is 0 Å². The van der Waals surface area contributed by atoms with Crippen LogP contribution in [0.3, 0.4) is 0 Å². The Kier molecular flexibility index (Phi) is 5.30. The minimum Gasteiger partial charge on any atom is -0.311 e. The molecule has 0 spiro atoms. The quantitative estimate of drug-likeness (QED) is 0.901. The van der Waals surface area contributed by atoms with E-state index in [4.69, 9.17) is 0 Å². The first-order chi connectivity index (χ1) is 10.2. The van der Waals surface area contributed by atoms with Gasteiger partial charge in [0.1, 0.15) is 0 Å². The predicted octanol–water partition coefficient (Wildman–Crippen LogP) is 3.59. The van der Waals surface area contributed by atoms with Gasteiger partial charge in [-0.3, -0.25) is 9.88 Å². The number of aromatic nitrogens is 1. The Morgan fingerprint density at radius 3 is 2.81 bits per heavy atom. The average molecular weight is 352 g/mol. The molecule has 1 saturated heterocycles. The van der Waals surface area contributed by atoms with Crippen LogP contribution in [0, 0.1) is 5.92 Å². The zero-order valence-corrected chi connectivity index (χ0v) is 14.5. The molecule has 2 aliphatic rings. The number of halogens is 1. The van der Waals surface area contributed by atoms with E-state index < -0.39 is 0 Å². The molecule has 2 unspecified atom stereocenters. The van der Waals surface area contributed by atoms with Crippen molar-refractivity contribution in [3.63, 3.8) is 0 Å². The molecule has 0 amide bonds. The molecule has 3 nitrogen and oxygen atoms in total. The van der Waals surface area contributed by atoms with Gasteiger partial charge < -0.3 is 5.32 Å². The molecule has 0 radical (unpaired) electrons. The molecule has 2 atom stereocenters. The van der Waals surface area contributed by atoms with Crippen molar-refractivity contribution in [1.82, 2.24) is 15.2 Å². The van der Waals surface area contributed by atoms with Gasteiger partial charge in [0.05, 0.1) is 5.69 Å². The molecule has 1 aromatic rings. The third-order valence-corrected chi connectivity index (χ3v) is 5.57. The molecule has 0 aromatic carbocycles. The van der Waals surface area contributed by atoms with Crippen molar-refractivity contribution in [1.29, 1.82) is 0 Å². The summed E-state index contributed by atoms with van der Waals surface area (Å²) >= 11 is 3.46. The summed E-state index contributed by atoms with van der Waals surface area (Å²) in [7, 11) is 0. The molecule has 116 valence electrons. The van der Waals surface area contributed by atoms with Crippen molar-refractivity contribution < 1.29 is 0 Å². The average Bonchev–Trinajstić information content (AvgIpc) is 2.52. The fourth-order valence-corrected chi connectivity index (χ4v) is 3.96. The molecular formula is C17H26BrN3. The molecule has 1 aliphatic carbocycles. The van der Waals surface area contributed by atoms with E-state index in [1.165, 1.54) is 44.3 Å². The Balaban J connectivity index is 1.61. The van der Waals surface area contributed by atoms with E-state index in [-0.39, 0.29) is 0 Å². The maximum Gasteiger partial charge on any atom is 0.0544 e. The van der Waals surface area contributed by atoms with Gasteiger partial charge in [-0.15, -0.1) is 0 Å². The summed E-state index contributed by atoms with van der Waals surface area (Å²) in [5.41, 5.74) is 1.18. The second kappa shape index (κ2) is 7.21. The van der Waals surface area contributed by atoms with E-state index in [1.54, 1.807) is 0 Å². The van der Waals surface area contributed by atoms with Gasteiger partial charge in [-0.1, -0.05) is 19.3 Å². The van der Waals surface area contributed by atoms with Crippen LogP contribution < -0.4 is 5.32 Å². The lowest BCUT2D eigenvalue weighted by atomic mass is 9.82. The van der Waals surface area contributed by atoms with Gasteiger partial charge >= 0.3 is 0 Å². The van der Waals surface area contributed by atoms with Crippen LogP contribution in [0.25, 0.3) is 0 Å². The minimum atomic E-state index is 0.593. The van der Waals surface area contributed by atoms with Crippen LogP contribution in [0.1, 0.15) is 44.7 Å². The molecule has 1 aliphatic heterocycles. The first-order valence-corrected chi connectivity index (χ1v) is 9.09. The lowest BCUT2D eigenvalue weighted by molar-refractivity contribution is 0.0970. The molecule has 4 heteroatoms. The number of piperazine rings is 1. The third-order valence-electron chi connectivity index (χ3n) is 5.10. The smallest absolute Gasteiger partial charge is 0.0544 e. The van der Waals surface area contributed by atoms with E-state index in [0.717, 1.165) is 23.5 Å². The number of rotatable bonds is 3. The Morgan fingerprint density at radius 2 is 2.10 bits per heavy atom. The topological polar surface area (TPSA) is 28.2 Å². The molecule has 0 bridgehead atoms. The van der Waals surface area contributed by atoms with Crippen molar-refractivity contribution in [2.75, 3.05) is 13.1 Å². The molecular weight excluding hydrogens is 326 g/mol. The van der Waals surface area contributed by atoms with Crippen LogP contribution >= 0.6 is 15.9 Å². The summed E-state index contributed by atoms with van der Waals surface area (Å²) < 4.78 is 1.06. The van der Waals surface area contributed by atoms with Gasteiger partial charge in [0.25, 0.3) is 0 Å². The molecule has 1 saturated carbocycles. The van der Waals surface area contributed by atoms with Crippen LogP contribution in [0.5, 0.6) is 0 Å². The van der Waals surface area contributed by atoms with Gasteiger partial charge in [-0.2, -0.15) is 0 Å². The van der Waals surface area contributed by atoms with Crippen molar-refractivity contribution in [2.24, 2.45) is 5.92 Å². The van der Waals surface area contributed by atoms with E-state index in [1.807, 2.05) is 6.20 Å². The fraction of sp³-hybridized carbons (Fsp3) is 0.706. The van der Waals surface area contributed by atoms with Crippen LogP contribution in [-0.2, 0) is 6.54 Å². The van der Waals surface area contributed by atoms with E-state index in [2.05, 4.69) is 50.2 Å². The Labute approximate surface area is 136 Å². The number of nitrogens with zero attached hydrogens (tertiary/aromatic N) is 2. The first kappa shape index (κ1) is 15.4. The normalized spacial score (nSPS) is 28.7. The zero-order chi connectivity index (χ0) is 14.7. The van der Waals surface area contributed by atoms with Crippen LogP contribution in [0.15, 0.2) is 22.8 Å². The fourth-order valence-electron chi connectivity index (χ4n) is 3.73. The number of hydrogen-bond donors (Lipinski definition) is 1. The van der Waals surface area contributed by atoms with E-state index in [9.17, 15) is 0 Å². The summed E-state index contributed by atoms with van der Waals surface area (Å²) in [6.07, 6.45) is 9.01. The van der Waals surface area contributed by atoms with Crippen LogP contribution in [-0.4, -0.2) is 35.1 Å². The van der Waals surface area contributed by atoms with Crippen molar-refractivity contribution >= 4 is 15.9 Å². The molecule has 1 N–H and O–H groups in total. The molecule has 1 aromatic heterocycles. The maximum absolute atomic E-state index is 4.54. The van der Waals surface area contributed by atoms with E-state index in [0.29, 0.717) is 12.1 Å². The highest BCUT2D eigenvalue weighted by Gasteiger charge is 2.31. The highest BCUT2D eigenvalue weighted by atomic mass is 79.9. The minimum absolute atomic E-state index is 0.593. The highest BCUT2D eigenvalue weighted by Crippen LogP contribution is 2.28. The lowest BCUT2D eigenvalue weighted by Crippen LogP contribution is -2.57. The molecule has 3 rings (SSSR count). The summed E-state index contributed by atoms with van der Waals surface area (Å²) in [5.74, 6) is 0.881. The second-order valence-corrected chi connectivity index (χ2v) is 7.57. The van der Waals surface area contributed by atoms with Crippen molar-refractivity contribution in [2.45, 2.75) is 57.7 Å². The summed E-state index contributed by atoms with van der Waals surface area (Å²) in [5, 5.41) is 3.79. The SMILES string of the molecule is CC1CNC(C2CCCCC2)CN1Cc1ccc(Br)cn1. The van der Waals surface area contributed by atoms with Crippen molar-refractivity contribution in [3.05, 3.63) is 28.5 Å². The van der Waals surface area contributed by atoms with Gasteiger partial charge in [-0.05, 0) is 53.7 Å². The molecule has 21 heavy (non-hydrogen) atoms. The summed E-state index contributed by atoms with van der Waals surface area (Å²) in [4.78, 5) is 7.14. The van der Waals surface area contributed by atoms with Gasteiger partial charge in [-0.25, -0.2) is 0 Å². The van der Waals surface area contributed by atoms with Gasteiger partial charge in [0.2, 0.25) is 0 Å². The molecule has 2 fully saturated rings. The van der Waals surface area contributed by atoms with Gasteiger partial charge in [0, 0.05) is 42.4 Å². The van der Waals surface area contributed by atoms with Crippen LogP contribution in [0.4, 0.5) is 0 Å². The monoisotopic (exact) mass is 351 g/mol. The number of hydrogen-bond acceptors (Lipinski definition) is 3. The Morgan fingerprint density at radius 1 is 1.29 bits per heavy atom. The van der Waals surface area contributed by atoms with Gasteiger partial charge in [0.15, 0.2) is 0 Å². The maximum atomic E-state index is 4.54. The zero-order valence-electron chi connectivity index (χ0n) is 12.9. The summed E-state index contributed by atoms with van der Waals surface area (Å²) in [6.45, 7) is 5.57. The second-order valence-electron chi connectivity index (χ2n) is 6.66. The number of nitrogens with one attached hydrogen (secondary N) is 1. The van der Waals surface area contributed by atoms with Crippen LogP contribution in [0.2, 0.25) is 0 Å². The first-order valence-electron chi connectivity index (χ1n) is 8.30. The van der Waals surface area contributed by atoms with E-state index >= 15 is 0 Å². The lowest BCUT2D eigenvalue weighted by Gasteiger charge is -2.42. The predicted molar refractivity (Wildman–Crippen MR) is 90.2 cm³/mol. The summed E-state index contributed by atoms with van der Waals surface area (Å²) in [6, 6.07) is 5.50. The number of pyridine rings is 1. The highest BCUT2D eigenvalue weighted by molar-refractivity contribution is 9.10.